The first-order valence-electron chi connectivity index (χ1n) is 3.30. The van der Waals surface area contributed by atoms with Crippen LogP contribution in [0.5, 0.6) is 0 Å². The Morgan fingerprint density at radius 3 is 2.54 bits per heavy atom. The predicted molar refractivity (Wildman–Crippen MR) is 51.5 cm³/mol. The number of alkyl halides is 1. The highest BCUT2D eigenvalue weighted by Crippen LogP contribution is 2.24. The maximum absolute atomic E-state index is 13.1. The molecule has 0 saturated heterocycles. The van der Waals surface area contributed by atoms with Gasteiger partial charge >= 0.3 is 0 Å². The Morgan fingerprint density at radius 2 is 2.00 bits per heavy atom. The summed E-state index contributed by atoms with van der Waals surface area (Å²) in [6.07, 6.45) is 0. The van der Waals surface area contributed by atoms with Gasteiger partial charge in [-0.2, -0.15) is 0 Å². The number of benzene rings is 1. The lowest BCUT2D eigenvalue weighted by Gasteiger charge is -2.02. The van der Waals surface area contributed by atoms with Gasteiger partial charge in [-0.25, -0.2) is 4.39 Å². The fourth-order valence-corrected chi connectivity index (χ4v) is 1.47. The summed E-state index contributed by atoms with van der Waals surface area (Å²) < 4.78 is 13.1. The maximum atomic E-state index is 13.1. The van der Waals surface area contributed by atoms with Gasteiger partial charge in [0.15, 0.2) is 11.6 Å². The van der Waals surface area contributed by atoms with E-state index in [9.17, 15) is 9.18 Å². The van der Waals surface area contributed by atoms with Crippen LogP contribution >= 0.6 is 34.8 Å². The Hall–Kier alpha value is -0.310. The summed E-state index contributed by atoms with van der Waals surface area (Å²) in [5.41, 5.74) is -0.174. The minimum absolute atomic E-state index is 0.174. The number of halogens is 4. The maximum Gasteiger partial charge on any atom is 0.180 e. The molecular weight excluding hydrogens is 237 g/mol. The van der Waals surface area contributed by atoms with Crippen molar-refractivity contribution < 1.29 is 9.18 Å². The Labute approximate surface area is 89.4 Å². The molecule has 1 aromatic carbocycles. The number of rotatable bonds is 2. The number of carbonyl (C=O) groups is 1. The first kappa shape index (κ1) is 10.8. The number of carbonyl (C=O) groups excluding carboxylic acids is 1. The summed E-state index contributed by atoms with van der Waals surface area (Å²) in [5, 5.41) is 0.0285. The standard InChI is InChI=1S/C8H4Cl3FO/c9-3-7(13)5-1-4(10)2-6(11)8(5)12/h1-2H,3H2. The quantitative estimate of drug-likeness (QED) is 0.440. The largest absolute Gasteiger partial charge is 0.293 e. The Balaban J connectivity index is 3.28. The molecular formula is C8H4Cl3FO. The van der Waals surface area contributed by atoms with Gasteiger partial charge in [-0.05, 0) is 12.1 Å². The van der Waals surface area contributed by atoms with Crippen LogP contribution in [0.15, 0.2) is 12.1 Å². The van der Waals surface area contributed by atoms with Gasteiger partial charge in [-0.1, -0.05) is 23.2 Å². The SMILES string of the molecule is O=C(CCl)c1cc(Cl)cc(Cl)c1F. The van der Waals surface area contributed by atoms with Crippen molar-refractivity contribution in [2.24, 2.45) is 0 Å². The van der Waals surface area contributed by atoms with Crippen LogP contribution in [0.1, 0.15) is 10.4 Å². The van der Waals surface area contributed by atoms with E-state index < -0.39 is 11.6 Å². The third kappa shape index (κ3) is 2.33. The second-order valence-corrected chi connectivity index (χ2v) is 3.42. The molecule has 0 spiro atoms. The zero-order valence-corrected chi connectivity index (χ0v) is 8.55. The van der Waals surface area contributed by atoms with Crippen LogP contribution in [0.3, 0.4) is 0 Å². The number of ketones is 1. The monoisotopic (exact) mass is 240 g/mol. The summed E-state index contributed by atoms with van der Waals surface area (Å²) in [6.45, 7) is 0. The Bertz CT molecular complexity index is 351. The van der Waals surface area contributed by atoms with E-state index in [1.54, 1.807) is 0 Å². The van der Waals surface area contributed by atoms with Crippen LogP contribution in [0.2, 0.25) is 10.0 Å². The first-order chi connectivity index (χ1) is 6.06. The molecule has 5 heteroatoms. The summed E-state index contributed by atoms with van der Waals surface area (Å²) in [5.74, 6) is -1.62. The van der Waals surface area contributed by atoms with E-state index in [-0.39, 0.29) is 21.5 Å². The van der Waals surface area contributed by atoms with E-state index >= 15 is 0 Å². The summed E-state index contributed by atoms with van der Waals surface area (Å²) >= 11 is 16.3. The molecule has 0 saturated carbocycles. The lowest BCUT2D eigenvalue weighted by atomic mass is 10.1. The number of hydrogen-bond donors (Lipinski definition) is 0. The van der Waals surface area contributed by atoms with E-state index in [2.05, 4.69) is 0 Å². The average molecular weight is 241 g/mol. The second-order valence-electron chi connectivity index (χ2n) is 2.31. The molecule has 0 unspecified atom stereocenters. The zero-order valence-electron chi connectivity index (χ0n) is 6.28. The van der Waals surface area contributed by atoms with Crippen molar-refractivity contribution in [2.75, 3.05) is 5.88 Å². The molecule has 1 aromatic rings. The van der Waals surface area contributed by atoms with Crippen molar-refractivity contribution in [1.29, 1.82) is 0 Å². The highest BCUT2D eigenvalue weighted by Gasteiger charge is 2.14. The lowest BCUT2D eigenvalue weighted by Crippen LogP contribution is -2.04. The Morgan fingerprint density at radius 1 is 1.38 bits per heavy atom. The molecule has 0 aromatic heterocycles. The van der Waals surface area contributed by atoms with Crippen LogP contribution < -0.4 is 0 Å². The second kappa shape index (κ2) is 4.27. The zero-order chi connectivity index (χ0) is 10.0. The average Bonchev–Trinajstić information content (AvgIpc) is 2.10. The van der Waals surface area contributed by atoms with Crippen molar-refractivity contribution in [2.45, 2.75) is 0 Å². The number of hydrogen-bond acceptors (Lipinski definition) is 1. The highest BCUT2D eigenvalue weighted by atomic mass is 35.5. The molecule has 0 aliphatic carbocycles. The van der Waals surface area contributed by atoms with Crippen molar-refractivity contribution >= 4 is 40.6 Å². The molecule has 13 heavy (non-hydrogen) atoms. The van der Waals surface area contributed by atoms with E-state index in [0.29, 0.717) is 0 Å². The van der Waals surface area contributed by atoms with Gasteiger partial charge in [0, 0.05) is 5.02 Å². The van der Waals surface area contributed by atoms with E-state index in [1.165, 1.54) is 12.1 Å². The van der Waals surface area contributed by atoms with Gasteiger partial charge in [0.25, 0.3) is 0 Å². The molecule has 0 atom stereocenters. The summed E-state index contributed by atoms with van der Waals surface area (Å²) in [6, 6.07) is 2.43. The van der Waals surface area contributed by atoms with Gasteiger partial charge in [0.2, 0.25) is 0 Å². The van der Waals surface area contributed by atoms with Gasteiger partial charge in [0.05, 0.1) is 16.5 Å². The molecule has 0 aliphatic heterocycles. The minimum atomic E-state index is -0.781. The van der Waals surface area contributed by atoms with Crippen molar-refractivity contribution in [3.63, 3.8) is 0 Å². The van der Waals surface area contributed by atoms with Crippen LogP contribution in [0, 0.1) is 5.82 Å². The molecule has 0 bridgehead atoms. The van der Waals surface area contributed by atoms with E-state index in [4.69, 9.17) is 34.8 Å². The topological polar surface area (TPSA) is 17.1 Å². The fraction of sp³-hybridized carbons (Fsp3) is 0.125. The molecule has 0 heterocycles. The van der Waals surface area contributed by atoms with Crippen LogP contribution in [0.25, 0.3) is 0 Å². The van der Waals surface area contributed by atoms with Crippen molar-refractivity contribution in [3.05, 3.63) is 33.6 Å². The molecule has 70 valence electrons. The third-order valence-corrected chi connectivity index (χ3v) is 2.15. The summed E-state index contributed by atoms with van der Waals surface area (Å²) in [7, 11) is 0. The van der Waals surface area contributed by atoms with E-state index in [1.807, 2.05) is 0 Å². The molecule has 1 nitrogen and oxygen atoms in total. The van der Waals surface area contributed by atoms with Crippen LogP contribution in [0.4, 0.5) is 4.39 Å². The third-order valence-electron chi connectivity index (χ3n) is 1.41. The van der Waals surface area contributed by atoms with Crippen molar-refractivity contribution in [3.8, 4) is 0 Å². The van der Waals surface area contributed by atoms with Gasteiger partial charge in [-0.3, -0.25) is 4.79 Å². The molecule has 0 amide bonds. The lowest BCUT2D eigenvalue weighted by molar-refractivity contribution is 0.101. The smallest absolute Gasteiger partial charge is 0.180 e. The fourth-order valence-electron chi connectivity index (χ4n) is 0.831. The van der Waals surface area contributed by atoms with E-state index in [0.717, 1.165) is 0 Å². The predicted octanol–water partition coefficient (Wildman–Crippen LogP) is 3.55. The molecule has 0 fully saturated rings. The van der Waals surface area contributed by atoms with Crippen molar-refractivity contribution in [1.82, 2.24) is 0 Å². The molecule has 0 N–H and O–H groups in total. The van der Waals surface area contributed by atoms with Gasteiger partial charge in [-0.15, -0.1) is 11.6 Å². The minimum Gasteiger partial charge on any atom is -0.293 e. The summed E-state index contributed by atoms with van der Waals surface area (Å²) in [4.78, 5) is 11.0. The Kier molecular flexibility index (Phi) is 3.54. The normalized spacial score (nSPS) is 10.2. The highest BCUT2D eigenvalue weighted by molar-refractivity contribution is 6.36. The van der Waals surface area contributed by atoms with Gasteiger partial charge < -0.3 is 0 Å². The molecule has 0 aliphatic rings. The first-order valence-corrected chi connectivity index (χ1v) is 4.59. The molecule has 0 radical (unpaired) electrons. The van der Waals surface area contributed by atoms with Crippen LogP contribution in [-0.4, -0.2) is 11.7 Å². The van der Waals surface area contributed by atoms with Gasteiger partial charge in [0.1, 0.15) is 0 Å². The van der Waals surface area contributed by atoms with Crippen LogP contribution in [-0.2, 0) is 0 Å². The molecule has 1 rings (SSSR count). The number of Topliss-reactive ketones (excluding diaryl/α,β-unsaturated/α-hetero) is 1.